The molecule has 0 spiro atoms. The number of anilines is 2. The van der Waals surface area contributed by atoms with Crippen molar-refractivity contribution in [1.29, 1.82) is 0 Å². The van der Waals surface area contributed by atoms with Crippen LogP contribution in [0.25, 0.3) is 92.3 Å². The molecule has 0 unspecified atom stereocenters. The van der Waals surface area contributed by atoms with E-state index in [9.17, 15) is 0 Å². The highest BCUT2D eigenvalue weighted by Gasteiger charge is 2.39. The molecule has 0 amide bonds. The lowest BCUT2D eigenvalue weighted by atomic mass is 9.59. The van der Waals surface area contributed by atoms with Gasteiger partial charge in [-0.15, -0.1) is 11.3 Å². The third-order valence-electron chi connectivity index (χ3n) is 17.2. The number of aromatic nitrogens is 3. The van der Waals surface area contributed by atoms with Gasteiger partial charge in [-0.1, -0.05) is 147 Å². The first kappa shape index (κ1) is 42.9. The van der Waals surface area contributed by atoms with E-state index >= 15 is 0 Å². The van der Waals surface area contributed by atoms with Gasteiger partial charge >= 0.3 is 0 Å². The monoisotopic (exact) mass is 937 g/mol. The van der Waals surface area contributed by atoms with Crippen LogP contribution in [0.4, 0.5) is 11.4 Å². The van der Waals surface area contributed by atoms with Crippen molar-refractivity contribution in [3.63, 3.8) is 0 Å². The number of aryl methyl sites for hydroxylation is 1. The fraction of sp³-hybridized carbons (Fsp3) is 0.246. The number of rotatable bonds is 4. The zero-order valence-corrected chi connectivity index (χ0v) is 43.3. The molecule has 1 N–H and O–H groups in total. The Morgan fingerprint density at radius 3 is 2.04 bits per heavy atom. The summed E-state index contributed by atoms with van der Waals surface area (Å²) in [6, 6.07) is 53.4. The van der Waals surface area contributed by atoms with Crippen molar-refractivity contribution >= 4 is 93.9 Å². The normalized spacial score (nSPS) is 16.1. The highest BCUT2D eigenvalue weighted by molar-refractivity contribution is 7.25. The molecule has 0 atom stereocenters. The van der Waals surface area contributed by atoms with Gasteiger partial charge in [0.1, 0.15) is 5.82 Å². The zero-order valence-electron chi connectivity index (χ0n) is 42.5. The Hall–Kier alpha value is -6.89. The number of fused-ring (bicyclic) bond motifs is 13. The Morgan fingerprint density at radius 1 is 0.592 bits per heavy atom. The number of hydrogen-bond acceptors (Lipinski definition) is 3. The number of hydrogen-bond donors (Lipinski definition) is 1. The fourth-order valence-corrected chi connectivity index (χ4v) is 14.1. The van der Waals surface area contributed by atoms with Crippen molar-refractivity contribution in [1.82, 2.24) is 14.1 Å². The summed E-state index contributed by atoms with van der Waals surface area (Å²) in [7, 11) is 4.62. The van der Waals surface area contributed by atoms with Gasteiger partial charge in [0.15, 0.2) is 7.28 Å². The molecular weight excluding hydrogens is 880 g/mol. The molecule has 71 heavy (non-hydrogen) atoms. The van der Waals surface area contributed by atoms with Crippen molar-refractivity contribution in [2.75, 3.05) is 5.32 Å². The van der Waals surface area contributed by atoms with Crippen LogP contribution in [0.2, 0.25) is 0 Å². The molecule has 1 radical (unpaired) electrons. The second-order valence-electron chi connectivity index (χ2n) is 23.9. The second kappa shape index (κ2) is 14.4. The lowest BCUT2D eigenvalue weighted by Crippen LogP contribution is -2.37. The van der Waals surface area contributed by atoms with Gasteiger partial charge in [0.2, 0.25) is 0 Å². The van der Waals surface area contributed by atoms with Crippen LogP contribution in [0.3, 0.4) is 0 Å². The van der Waals surface area contributed by atoms with Crippen molar-refractivity contribution < 1.29 is 0 Å². The number of nitrogens with one attached hydrogen (secondary N) is 1. The predicted octanol–water partition coefficient (Wildman–Crippen LogP) is 16.0. The van der Waals surface area contributed by atoms with E-state index in [0.717, 1.165) is 33.8 Å². The van der Waals surface area contributed by atoms with Crippen LogP contribution < -0.4 is 16.2 Å². The van der Waals surface area contributed by atoms with Crippen molar-refractivity contribution in [2.24, 2.45) is 7.05 Å². The van der Waals surface area contributed by atoms with Gasteiger partial charge in [-0.2, -0.15) is 0 Å². The van der Waals surface area contributed by atoms with E-state index < -0.39 is 0 Å². The zero-order chi connectivity index (χ0) is 48.7. The fourth-order valence-electron chi connectivity index (χ4n) is 12.9. The Labute approximate surface area is 421 Å². The lowest BCUT2D eigenvalue weighted by Gasteiger charge is -2.41. The Morgan fingerprint density at radius 2 is 1.28 bits per heavy atom. The minimum absolute atomic E-state index is 0.0634. The largest absolute Gasteiger partial charge is 0.355 e. The van der Waals surface area contributed by atoms with Gasteiger partial charge in [0.25, 0.3) is 0 Å². The molecule has 3 aromatic heterocycles. The summed E-state index contributed by atoms with van der Waals surface area (Å²) in [4.78, 5) is 5.33. The smallest absolute Gasteiger partial charge is 0.198 e. The van der Waals surface area contributed by atoms with E-state index in [-0.39, 0.29) is 21.7 Å². The SMILES string of the molecule is Cn1c(-c2ccccc2)nc2cc3c(cc21)-n1c2cc4c(cc2c2ccc(-c5cc6c(cc5Nc5ccc(C(C)(C)C)cc5)sc5cc7c(cc56)C(C)(C)CCC7(C)C)c(c21)[B]3)C(C)(C)c1ccccc1-4. The number of benzene rings is 8. The van der Waals surface area contributed by atoms with Crippen molar-refractivity contribution in [2.45, 2.75) is 96.8 Å². The standard InChI is InChI=1S/C65H58BN4S/c1-62(2,3)37-20-22-38(23-21-37)67-52-34-58-45(46-30-49-50(32-57(46)71-58)64(6,7)27-26-63(49,4)5)28-43(52)40-24-25-41-44-29-48-42(39-18-14-15-19-47(39)65(48,8)9)31-54(44)70-55-35-56-53(33-51(55)66-59(40)60(41)70)68-61(69(56)10)36-16-12-11-13-17-36/h11-25,28-35,67H,26-27H2,1-10H3. The molecule has 0 bridgehead atoms. The Kier molecular flexibility index (Phi) is 8.70. The molecule has 1 aliphatic heterocycles. The average molecular weight is 938 g/mol. The Bertz CT molecular complexity index is 4110. The third kappa shape index (κ3) is 6.13. The number of imidazole rings is 1. The third-order valence-corrected chi connectivity index (χ3v) is 18.3. The van der Waals surface area contributed by atoms with Crippen LogP contribution in [0.15, 0.2) is 140 Å². The Balaban J connectivity index is 1.06. The minimum atomic E-state index is -0.120. The maximum absolute atomic E-state index is 5.33. The first-order valence-corrected chi connectivity index (χ1v) is 26.4. The summed E-state index contributed by atoms with van der Waals surface area (Å²) < 4.78 is 7.53. The van der Waals surface area contributed by atoms with Crippen LogP contribution in [0, 0.1) is 0 Å². The van der Waals surface area contributed by atoms with E-state index in [1.54, 1.807) is 0 Å². The first-order valence-electron chi connectivity index (χ1n) is 25.5. The quantitative estimate of drug-likeness (QED) is 0.178. The first-order chi connectivity index (χ1) is 33.9. The molecule has 0 fully saturated rings. The van der Waals surface area contributed by atoms with Gasteiger partial charge in [0, 0.05) is 77.1 Å². The van der Waals surface area contributed by atoms with E-state index in [4.69, 9.17) is 4.98 Å². The van der Waals surface area contributed by atoms with Gasteiger partial charge in [0.05, 0.1) is 16.6 Å². The maximum atomic E-state index is 5.33. The van der Waals surface area contributed by atoms with Crippen LogP contribution in [0.1, 0.15) is 103 Å². The molecule has 11 aromatic rings. The second-order valence-corrected chi connectivity index (χ2v) is 24.9. The molecule has 6 heteroatoms. The minimum Gasteiger partial charge on any atom is -0.355 e. The number of thiophene rings is 1. The summed E-state index contributed by atoms with van der Waals surface area (Å²) >= 11 is 1.94. The summed E-state index contributed by atoms with van der Waals surface area (Å²) in [5, 5.41) is 9.26. The predicted molar refractivity (Wildman–Crippen MR) is 305 cm³/mol. The van der Waals surface area contributed by atoms with Crippen LogP contribution in [-0.4, -0.2) is 21.4 Å². The molecule has 347 valence electrons. The van der Waals surface area contributed by atoms with E-state index in [1.807, 2.05) is 11.3 Å². The topological polar surface area (TPSA) is 34.8 Å². The van der Waals surface area contributed by atoms with E-state index in [0.29, 0.717) is 0 Å². The average Bonchev–Trinajstić information content (AvgIpc) is 4.05. The summed E-state index contributed by atoms with van der Waals surface area (Å²) in [6.45, 7) is 21.4. The summed E-state index contributed by atoms with van der Waals surface area (Å²) in [6.07, 6.45) is 2.39. The highest BCUT2D eigenvalue weighted by atomic mass is 32.1. The molecular formula is C65H58BN4S. The van der Waals surface area contributed by atoms with Gasteiger partial charge < -0.3 is 14.5 Å². The molecule has 8 aromatic carbocycles. The molecule has 0 saturated carbocycles. The summed E-state index contributed by atoms with van der Waals surface area (Å²) in [5.74, 6) is 0.969. The molecule has 4 heterocycles. The van der Waals surface area contributed by atoms with E-state index in [2.05, 4.69) is 231 Å². The lowest BCUT2D eigenvalue weighted by molar-refractivity contribution is 0.332. The van der Waals surface area contributed by atoms with Crippen molar-refractivity contribution in [3.05, 3.63) is 167 Å². The maximum Gasteiger partial charge on any atom is 0.198 e. The van der Waals surface area contributed by atoms with Gasteiger partial charge in [-0.3, -0.25) is 0 Å². The number of nitrogens with zero attached hydrogens (tertiary/aromatic N) is 3. The van der Waals surface area contributed by atoms with Crippen LogP contribution >= 0.6 is 11.3 Å². The highest BCUT2D eigenvalue weighted by Crippen LogP contribution is 2.53. The molecule has 0 saturated heterocycles. The van der Waals surface area contributed by atoms with Gasteiger partial charge in [-0.05, 0) is 140 Å². The van der Waals surface area contributed by atoms with Crippen LogP contribution in [-0.2, 0) is 28.7 Å². The van der Waals surface area contributed by atoms with Gasteiger partial charge in [-0.25, -0.2) is 4.98 Å². The summed E-state index contributed by atoms with van der Waals surface area (Å²) in [5.41, 5.74) is 23.9. The van der Waals surface area contributed by atoms with Crippen molar-refractivity contribution in [3.8, 4) is 39.3 Å². The van der Waals surface area contributed by atoms with Crippen LogP contribution in [0.5, 0.6) is 0 Å². The van der Waals surface area contributed by atoms with E-state index in [1.165, 1.54) is 122 Å². The molecule has 2 aliphatic carbocycles. The molecule has 14 rings (SSSR count). The molecule has 4 nitrogen and oxygen atoms in total. The molecule has 3 aliphatic rings.